The van der Waals surface area contributed by atoms with Gasteiger partial charge in [0.15, 0.2) is 5.82 Å². The fraction of sp³-hybridized carbons (Fsp3) is 0.200. The molecule has 0 saturated heterocycles. The van der Waals surface area contributed by atoms with Crippen LogP contribution in [0, 0.1) is 0 Å². The van der Waals surface area contributed by atoms with Gasteiger partial charge in [0.2, 0.25) is 0 Å². The number of para-hydroxylation sites is 1. The van der Waals surface area contributed by atoms with E-state index in [0.717, 1.165) is 40.8 Å². The van der Waals surface area contributed by atoms with Crippen LogP contribution in [-0.2, 0) is 12.8 Å². The van der Waals surface area contributed by atoms with E-state index in [-0.39, 0.29) is 41.1 Å². The second kappa shape index (κ2) is 12.9. The van der Waals surface area contributed by atoms with E-state index < -0.39 is 5.76 Å². The molecule has 1 radical (unpaired) electrons. The molecule has 0 atom stereocenters. The maximum absolute atomic E-state index is 13.8. The standard InChI is InChI=1S/C30H28N4O4.Na/c1-3-4-14-26-25(28(35)34(29(31-26)37-2)22-10-6-5-7-11-22)19-20-15-17-21(18-16-20)23-12-8-9-13-24(23)27-32-30(36)38-33-27;/h5-13,15-18H,3-4,14,19H2,1-2H3,(H,32,33,36);. The number of rotatable bonds is 9. The first-order valence-corrected chi connectivity index (χ1v) is 12.6. The molecule has 0 aliphatic heterocycles. The average Bonchev–Trinajstić information content (AvgIpc) is 3.40. The van der Waals surface area contributed by atoms with E-state index in [1.807, 2.05) is 78.9 Å². The zero-order valence-corrected chi connectivity index (χ0v) is 24.3. The smallest absolute Gasteiger partial charge is 0.439 e. The fourth-order valence-corrected chi connectivity index (χ4v) is 4.54. The zero-order chi connectivity index (χ0) is 26.5. The van der Waals surface area contributed by atoms with Gasteiger partial charge < -0.3 is 4.74 Å². The number of methoxy groups -OCH3 is 1. The summed E-state index contributed by atoms with van der Waals surface area (Å²) in [5.74, 6) is -0.223. The van der Waals surface area contributed by atoms with Gasteiger partial charge in [0.1, 0.15) is 0 Å². The largest absolute Gasteiger partial charge is 0.468 e. The van der Waals surface area contributed by atoms with Crippen LogP contribution in [0.4, 0.5) is 0 Å². The predicted molar refractivity (Wildman–Crippen MR) is 152 cm³/mol. The van der Waals surface area contributed by atoms with E-state index in [2.05, 4.69) is 17.1 Å². The summed E-state index contributed by atoms with van der Waals surface area (Å²) in [5.41, 5.74) is 5.63. The molecular formula is C30H28N4NaO4. The van der Waals surface area contributed by atoms with Crippen molar-refractivity contribution in [1.82, 2.24) is 19.7 Å². The fourth-order valence-electron chi connectivity index (χ4n) is 4.54. The van der Waals surface area contributed by atoms with E-state index in [1.54, 1.807) is 0 Å². The number of aryl methyl sites for hydroxylation is 1. The van der Waals surface area contributed by atoms with Crippen LogP contribution in [0.2, 0.25) is 0 Å². The van der Waals surface area contributed by atoms with Crippen molar-refractivity contribution in [2.75, 3.05) is 7.11 Å². The molecule has 2 heterocycles. The molecule has 193 valence electrons. The number of benzene rings is 3. The van der Waals surface area contributed by atoms with Crippen molar-refractivity contribution < 1.29 is 9.26 Å². The monoisotopic (exact) mass is 531 g/mol. The Balaban J connectivity index is 0.00000353. The Hall–Kier alpha value is -3.72. The molecule has 0 aliphatic carbocycles. The van der Waals surface area contributed by atoms with Crippen molar-refractivity contribution in [3.05, 3.63) is 117 Å². The normalized spacial score (nSPS) is 10.7. The van der Waals surface area contributed by atoms with E-state index in [1.165, 1.54) is 11.7 Å². The van der Waals surface area contributed by atoms with Gasteiger partial charge >= 0.3 is 11.8 Å². The molecule has 5 aromatic rings. The van der Waals surface area contributed by atoms with Gasteiger partial charge in [0, 0.05) is 47.1 Å². The molecule has 5 rings (SSSR count). The summed E-state index contributed by atoms with van der Waals surface area (Å²) in [7, 11) is 1.54. The van der Waals surface area contributed by atoms with Crippen LogP contribution < -0.4 is 16.1 Å². The second-order valence-corrected chi connectivity index (χ2v) is 8.97. The summed E-state index contributed by atoms with van der Waals surface area (Å²) in [6.07, 6.45) is 3.07. The van der Waals surface area contributed by atoms with Crippen LogP contribution in [0.15, 0.2) is 93.0 Å². The molecule has 1 N–H and O–H groups in total. The summed E-state index contributed by atoms with van der Waals surface area (Å²) < 4.78 is 11.8. The van der Waals surface area contributed by atoms with Crippen molar-refractivity contribution in [3.8, 4) is 34.2 Å². The Labute approximate surface area is 248 Å². The molecule has 8 nitrogen and oxygen atoms in total. The third kappa shape index (κ3) is 6.14. The second-order valence-electron chi connectivity index (χ2n) is 8.97. The van der Waals surface area contributed by atoms with Crippen molar-refractivity contribution >= 4 is 29.6 Å². The quantitative estimate of drug-likeness (QED) is 0.274. The minimum Gasteiger partial charge on any atom is -0.468 e. The maximum atomic E-state index is 13.8. The van der Waals surface area contributed by atoms with E-state index >= 15 is 0 Å². The number of unbranched alkanes of at least 4 members (excludes halogenated alkanes) is 1. The predicted octanol–water partition coefficient (Wildman–Crippen LogP) is 4.80. The SMILES string of the molecule is CCCCc1nc(OC)n(-c2ccccc2)c(=O)c1Cc1ccc(-c2ccccc2-c2noc(=O)[nH]2)cc1.[Na]. The molecule has 0 spiro atoms. The van der Waals surface area contributed by atoms with Crippen molar-refractivity contribution in [1.29, 1.82) is 0 Å². The molecule has 0 aliphatic rings. The Morgan fingerprint density at radius 1 is 0.923 bits per heavy atom. The summed E-state index contributed by atoms with van der Waals surface area (Å²) in [4.78, 5) is 32.7. The van der Waals surface area contributed by atoms with Gasteiger partial charge in [0.05, 0.1) is 18.5 Å². The van der Waals surface area contributed by atoms with Gasteiger partial charge in [-0.25, -0.2) is 14.3 Å². The van der Waals surface area contributed by atoms with Crippen molar-refractivity contribution in [3.63, 3.8) is 0 Å². The number of aromatic amines is 1. The van der Waals surface area contributed by atoms with Crippen LogP contribution in [0.3, 0.4) is 0 Å². The Kier molecular flexibility index (Phi) is 9.35. The minimum absolute atomic E-state index is 0. The van der Waals surface area contributed by atoms with E-state index in [9.17, 15) is 9.59 Å². The maximum Gasteiger partial charge on any atom is 0.439 e. The first-order chi connectivity index (χ1) is 18.6. The third-order valence-corrected chi connectivity index (χ3v) is 6.46. The number of H-pyrrole nitrogens is 1. The zero-order valence-electron chi connectivity index (χ0n) is 22.3. The number of aromatic nitrogens is 4. The number of ether oxygens (including phenoxy) is 1. The Bertz CT molecular complexity index is 1660. The molecule has 0 unspecified atom stereocenters. The topological polar surface area (TPSA) is 103 Å². The van der Waals surface area contributed by atoms with Crippen LogP contribution in [0.25, 0.3) is 28.2 Å². The molecule has 39 heavy (non-hydrogen) atoms. The van der Waals surface area contributed by atoms with Gasteiger partial charge in [-0.3, -0.25) is 14.3 Å². The van der Waals surface area contributed by atoms with Gasteiger partial charge in [0.25, 0.3) is 5.56 Å². The molecule has 0 bridgehead atoms. The summed E-state index contributed by atoms with van der Waals surface area (Å²) >= 11 is 0. The number of nitrogens with zero attached hydrogens (tertiary/aromatic N) is 3. The number of nitrogens with one attached hydrogen (secondary N) is 1. The molecule has 9 heteroatoms. The summed E-state index contributed by atoms with van der Waals surface area (Å²) in [6, 6.07) is 25.4. The van der Waals surface area contributed by atoms with Gasteiger partial charge in [-0.05, 0) is 41.7 Å². The Morgan fingerprint density at radius 3 is 2.26 bits per heavy atom. The van der Waals surface area contributed by atoms with Crippen LogP contribution >= 0.6 is 0 Å². The first kappa shape index (κ1) is 28.3. The van der Waals surface area contributed by atoms with Gasteiger partial charge in [-0.2, -0.15) is 0 Å². The van der Waals surface area contributed by atoms with E-state index in [0.29, 0.717) is 29.9 Å². The summed E-state index contributed by atoms with van der Waals surface area (Å²) in [5, 5.41) is 3.84. The molecule has 3 aromatic carbocycles. The van der Waals surface area contributed by atoms with Gasteiger partial charge in [-0.15, -0.1) is 0 Å². The van der Waals surface area contributed by atoms with Crippen LogP contribution in [-0.4, -0.2) is 56.4 Å². The Morgan fingerprint density at radius 2 is 1.62 bits per heavy atom. The van der Waals surface area contributed by atoms with Crippen molar-refractivity contribution in [2.45, 2.75) is 32.6 Å². The van der Waals surface area contributed by atoms with Crippen LogP contribution in [0.1, 0.15) is 36.6 Å². The first-order valence-electron chi connectivity index (χ1n) is 12.6. The number of hydrogen-bond acceptors (Lipinski definition) is 6. The third-order valence-electron chi connectivity index (χ3n) is 6.46. The summed E-state index contributed by atoms with van der Waals surface area (Å²) in [6.45, 7) is 2.12. The minimum atomic E-state index is -0.599. The molecule has 0 saturated carbocycles. The molecule has 0 amide bonds. The van der Waals surface area contributed by atoms with Crippen molar-refractivity contribution in [2.24, 2.45) is 0 Å². The van der Waals surface area contributed by atoms with E-state index in [4.69, 9.17) is 14.2 Å². The number of hydrogen-bond donors (Lipinski definition) is 1. The molecule has 2 aromatic heterocycles. The molecule has 0 fully saturated rings. The average molecular weight is 532 g/mol. The molecular weight excluding hydrogens is 503 g/mol. The van der Waals surface area contributed by atoms with Gasteiger partial charge in [-0.1, -0.05) is 85.2 Å². The van der Waals surface area contributed by atoms with Crippen LogP contribution in [0.5, 0.6) is 6.01 Å².